The third-order valence-electron chi connectivity index (χ3n) is 11.1. The second-order valence-electron chi connectivity index (χ2n) is 14.0. The van der Waals surface area contributed by atoms with Crippen molar-refractivity contribution in [3.8, 4) is 44.5 Å². The first-order chi connectivity index (χ1) is 26.3. The lowest BCUT2D eigenvalue weighted by atomic mass is 9.84. The monoisotopic (exact) mass is 672 g/mol. The van der Waals surface area contributed by atoms with Crippen LogP contribution in [-0.4, -0.2) is 0 Å². The normalized spacial score (nSPS) is 11.8. The van der Waals surface area contributed by atoms with Gasteiger partial charge in [-0.2, -0.15) is 0 Å². The van der Waals surface area contributed by atoms with Crippen molar-refractivity contribution in [3.05, 3.63) is 194 Å². The van der Waals surface area contributed by atoms with Crippen LogP contribution in [0.5, 0.6) is 0 Å². The Morgan fingerprint density at radius 3 is 1.36 bits per heavy atom. The number of fused-ring (bicyclic) bond motifs is 8. The highest BCUT2D eigenvalue weighted by Gasteiger charge is 2.18. The first kappa shape index (κ1) is 29.7. The average molecular weight is 673 g/mol. The Hall–Kier alpha value is -6.96. The zero-order valence-electron chi connectivity index (χ0n) is 28.9. The lowest BCUT2D eigenvalue weighted by Crippen LogP contribution is -1.92. The third-order valence-corrected chi connectivity index (χ3v) is 11.1. The Labute approximate surface area is 307 Å². The number of rotatable bonds is 4. The topological polar surface area (TPSA) is 13.1 Å². The molecule has 0 spiro atoms. The highest BCUT2D eigenvalue weighted by molar-refractivity contribution is 6.25. The van der Waals surface area contributed by atoms with E-state index in [1.807, 2.05) is 6.07 Å². The molecular formula is C52H32O. The van der Waals surface area contributed by atoms with Crippen LogP contribution in [0, 0.1) is 0 Å². The van der Waals surface area contributed by atoms with Crippen LogP contribution in [0.4, 0.5) is 0 Å². The molecule has 1 heteroatoms. The van der Waals surface area contributed by atoms with Gasteiger partial charge in [-0.15, -0.1) is 0 Å². The number of benzene rings is 10. The summed E-state index contributed by atoms with van der Waals surface area (Å²) in [6.07, 6.45) is 0. The van der Waals surface area contributed by atoms with Gasteiger partial charge in [0, 0.05) is 10.8 Å². The van der Waals surface area contributed by atoms with Crippen LogP contribution in [0.2, 0.25) is 0 Å². The average Bonchev–Trinajstić information content (AvgIpc) is 3.60. The highest BCUT2D eigenvalue weighted by atomic mass is 16.3. The molecule has 0 N–H and O–H groups in total. The van der Waals surface area contributed by atoms with Crippen molar-refractivity contribution in [1.82, 2.24) is 0 Å². The molecule has 0 atom stereocenters. The van der Waals surface area contributed by atoms with Crippen LogP contribution >= 0.6 is 0 Å². The molecule has 10 aromatic carbocycles. The van der Waals surface area contributed by atoms with Gasteiger partial charge in [0.1, 0.15) is 11.2 Å². The van der Waals surface area contributed by atoms with Gasteiger partial charge in [-0.3, -0.25) is 0 Å². The number of hydrogen-bond acceptors (Lipinski definition) is 1. The SMILES string of the molecule is c1ccc(-c2ccc3c(c2)oc2cc(-c4ccc(-c5c6ccccc6c(-c6cccc7c6ccc6ccccc67)c6ccccc56)cc4)ccc23)cc1. The predicted octanol–water partition coefficient (Wildman–Crippen LogP) is 14.9. The first-order valence-electron chi connectivity index (χ1n) is 18.3. The van der Waals surface area contributed by atoms with Gasteiger partial charge < -0.3 is 4.42 Å². The van der Waals surface area contributed by atoms with E-state index in [0.29, 0.717) is 0 Å². The summed E-state index contributed by atoms with van der Waals surface area (Å²) in [6, 6.07) is 70.5. The van der Waals surface area contributed by atoms with E-state index in [9.17, 15) is 0 Å². The Morgan fingerprint density at radius 1 is 0.245 bits per heavy atom. The minimum Gasteiger partial charge on any atom is -0.456 e. The van der Waals surface area contributed by atoms with Gasteiger partial charge in [0.15, 0.2) is 0 Å². The molecule has 0 saturated heterocycles. The second kappa shape index (κ2) is 11.8. The summed E-state index contributed by atoms with van der Waals surface area (Å²) in [7, 11) is 0. The summed E-state index contributed by atoms with van der Waals surface area (Å²) in [4.78, 5) is 0. The van der Waals surface area contributed by atoms with Crippen molar-refractivity contribution in [2.75, 3.05) is 0 Å². The fourth-order valence-electron chi connectivity index (χ4n) is 8.58. The summed E-state index contributed by atoms with van der Waals surface area (Å²) in [5, 5.41) is 12.4. The fraction of sp³-hybridized carbons (Fsp3) is 0. The van der Waals surface area contributed by atoms with Crippen molar-refractivity contribution in [2.24, 2.45) is 0 Å². The van der Waals surface area contributed by atoms with Gasteiger partial charge in [-0.05, 0) is 112 Å². The van der Waals surface area contributed by atoms with Gasteiger partial charge in [0.25, 0.3) is 0 Å². The van der Waals surface area contributed by atoms with Gasteiger partial charge in [-0.25, -0.2) is 0 Å². The van der Waals surface area contributed by atoms with Gasteiger partial charge in [-0.1, -0.05) is 170 Å². The minimum absolute atomic E-state index is 0.904. The molecule has 0 unspecified atom stereocenters. The van der Waals surface area contributed by atoms with Gasteiger partial charge >= 0.3 is 0 Å². The molecule has 0 aliphatic carbocycles. The molecule has 0 radical (unpaired) electrons. The van der Waals surface area contributed by atoms with E-state index in [-0.39, 0.29) is 0 Å². The van der Waals surface area contributed by atoms with E-state index in [2.05, 4.69) is 188 Å². The first-order valence-corrected chi connectivity index (χ1v) is 18.3. The van der Waals surface area contributed by atoms with Crippen molar-refractivity contribution >= 4 is 65.0 Å². The Bertz CT molecular complexity index is 3150. The van der Waals surface area contributed by atoms with Crippen LogP contribution in [0.15, 0.2) is 199 Å². The quantitative estimate of drug-likeness (QED) is 0.134. The van der Waals surface area contributed by atoms with Crippen molar-refractivity contribution in [2.45, 2.75) is 0 Å². The van der Waals surface area contributed by atoms with Crippen LogP contribution < -0.4 is 0 Å². The van der Waals surface area contributed by atoms with E-state index in [0.717, 1.165) is 38.6 Å². The molecule has 0 amide bonds. The standard InChI is InChI=1S/C52H32O/c1-2-11-33(12-3-1)37-26-29-42-43-30-27-38(32-50(43)53-49(42)31-37)34-21-23-36(24-22-34)51-45-15-6-8-17-47(45)52(48-18-9-7-16-46(48)51)44-20-10-19-40-39-14-5-4-13-35(39)25-28-41(40)44/h1-32H. The van der Waals surface area contributed by atoms with Crippen molar-refractivity contribution < 1.29 is 4.42 Å². The minimum atomic E-state index is 0.904. The number of hydrogen-bond donors (Lipinski definition) is 0. The third kappa shape index (κ3) is 4.71. The van der Waals surface area contributed by atoms with Crippen LogP contribution in [-0.2, 0) is 0 Å². The Kier molecular flexibility index (Phi) is 6.62. The maximum Gasteiger partial charge on any atom is 0.136 e. The van der Waals surface area contributed by atoms with E-state index in [1.165, 1.54) is 70.9 Å². The van der Waals surface area contributed by atoms with E-state index in [4.69, 9.17) is 4.42 Å². The largest absolute Gasteiger partial charge is 0.456 e. The second-order valence-corrected chi connectivity index (χ2v) is 14.0. The summed E-state index contributed by atoms with van der Waals surface area (Å²) in [5.41, 5.74) is 11.5. The molecule has 11 rings (SSSR count). The van der Waals surface area contributed by atoms with Gasteiger partial charge in [0.2, 0.25) is 0 Å². The number of furan rings is 1. The maximum atomic E-state index is 6.46. The van der Waals surface area contributed by atoms with Crippen LogP contribution in [0.3, 0.4) is 0 Å². The molecule has 1 heterocycles. The smallest absolute Gasteiger partial charge is 0.136 e. The Balaban J connectivity index is 1.04. The van der Waals surface area contributed by atoms with E-state index < -0.39 is 0 Å². The molecule has 1 aromatic heterocycles. The molecule has 0 saturated carbocycles. The summed E-state index contributed by atoms with van der Waals surface area (Å²) in [6.45, 7) is 0. The molecule has 0 fully saturated rings. The fourth-order valence-corrected chi connectivity index (χ4v) is 8.58. The molecule has 0 aliphatic rings. The molecule has 0 aliphatic heterocycles. The molecule has 1 nitrogen and oxygen atoms in total. The predicted molar refractivity (Wildman–Crippen MR) is 225 cm³/mol. The molecule has 11 aromatic rings. The lowest BCUT2D eigenvalue weighted by Gasteiger charge is -2.19. The summed E-state index contributed by atoms with van der Waals surface area (Å²) < 4.78 is 6.46. The molecule has 246 valence electrons. The van der Waals surface area contributed by atoms with E-state index >= 15 is 0 Å². The molecular weight excluding hydrogens is 641 g/mol. The highest BCUT2D eigenvalue weighted by Crippen LogP contribution is 2.46. The van der Waals surface area contributed by atoms with Crippen LogP contribution in [0.25, 0.3) is 110 Å². The zero-order chi connectivity index (χ0) is 34.9. The van der Waals surface area contributed by atoms with Gasteiger partial charge in [0.05, 0.1) is 0 Å². The van der Waals surface area contributed by atoms with Crippen molar-refractivity contribution in [3.63, 3.8) is 0 Å². The zero-order valence-corrected chi connectivity index (χ0v) is 28.9. The summed E-state index contributed by atoms with van der Waals surface area (Å²) >= 11 is 0. The molecule has 53 heavy (non-hydrogen) atoms. The Morgan fingerprint density at radius 2 is 0.717 bits per heavy atom. The lowest BCUT2D eigenvalue weighted by molar-refractivity contribution is 0.669. The maximum absolute atomic E-state index is 6.46. The van der Waals surface area contributed by atoms with Crippen LogP contribution in [0.1, 0.15) is 0 Å². The van der Waals surface area contributed by atoms with E-state index in [1.54, 1.807) is 0 Å². The van der Waals surface area contributed by atoms with Crippen molar-refractivity contribution in [1.29, 1.82) is 0 Å². The summed E-state index contributed by atoms with van der Waals surface area (Å²) in [5.74, 6) is 0. The molecule has 0 bridgehead atoms.